The molecule has 1 radical (unpaired) electrons. The number of hydrogen-bond donors (Lipinski definition) is 0. The molecule has 0 spiro atoms. The quantitative estimate of drug-likeness (QED) is 0.494. The Labute approximate surface area is 87.7 Å². The molecule has 0 aromatic heterocycles. The lowest BCUT2D eigenvalue weighted by atomic mass is 10.2. The fraction of sp³-hybridized carbons (Fsp3) is 0.357. The van der Waals surface area contributed by atoms with E-state index in [0.717, 1.165) is 12.8 Å². The minimum atomic E-state index is 1.03. The first-order valence-electron chi connectivity index (χ1n) is 5.45. The van der Waals surface area contributed by atoms with Crippen LogP contribution in [0.1, 0.15) is 32.1 Å². The van der Waals surface area contributed by atoms with E-state index < -0.39 is 0 Å². The van der Waals surface area contributed by atoms with E-state index in [-0.39, 0.29) is 0 Å². The number of hydrogen-bond acceptors (Lipinski definition) is 0. The zero-order valence-electron chi connectivity index (χ0n) is 8.73. The van der Waals surface area contributed by atoms with Crippen molar-refractivity contribution in [2.45, 2.75) is 32.1 Å². The van der Waals surface area contributed by atoms with E-state index in [4.69, 9.17) is 0 Å². The molecule has 0 heteroatoms. The fourth-order valence-corrected chi connectivity index (χ4v) is 1.31. The maximum atomic E-state index is 2.28. The highest BCUT2D eigenvalue weighted by molar-refractivity contribution is 5.07. The van der Waals surface area contributed by atoms with E-state index >= 15 is 0 Å². The average molecular weight is 187 g/mol. The van der Waals surface area contributed by atoms with Crippen molar-refractivity contribution in [2.75, 3.05) is 0 Å². The molecule has 0 saturated carbocycles. The molecule has 0 aromatic rings. The van der Waals surface area contributed by atoms with E-state index in [9.17, 15) is 0 Å². The highest BCUT2D eigenvalue weighted by Gasteiger charge is 1.82. The van der Waals surface area contributed by atoms with Gasteiger partial charge in [-0.2, -0.15) is 0 Å². The summed E-state index contributed by atoms with van der Waals surface area (Å²) < 4.78 is 0. The third-order valence-electron chi connectivity index (χ3n) is 2.11. The summed E-state index contributed by atoms with van der Waals surface area (Å²) in [5.41, 5.74) is 0. The van der Waals surface area contributed by atoms with Gasteiger partial charge in [0.2, 0.25) is 0 Å². The van der Waals surface area contributed by atoms with Crippen molar-refractivity contribution >= 4 is 0 Å². The Kier molecular flexibility index (Phi) is 6.74. The van der Waals surface area contributed by atoms with Gasteiger partial charge in [0.05, 0.1) is 0 Å². The van der Waals surface area contributed by atoms with Crippen molar-refractivity contribution in [1.29, 1.82) is 0 Å². The third-order valence-corrected chi connectivity index (χ3v) is 2.11. The van der Waals surface area contributed by atoms with Crippen LogP contribution < -0.4 is 0 Å². The summed E-state index contributed by atoms with van der Waals surface area (Å²) in [6.45, 7) is 0. The van der Waals surface area contributed by atoms with Crippen LogP contribution in [0.25, 0.3) is 0 Å². The van der Waals surface area contributed by atoms with Crippen LogP contribution in [-0.2, 0) is 0 Å². The van der Waals surface area contributed by atoms with Crippen LogP contribution in [0.3, 0.4) is 0 Å². The Morgan fingerprint density at radius 3 is 2.36 bits per heavy atom. The molecular weight excluding hydrogens is 168 g/mol. The van der Waals surface area contributed by atoms with Gasteiger partial charge in [-0.15, -0.1) is 0 Å². The molecule has 1 aliphatic carbocycles. The average Bonchev–Trinajstić information content (AvgIpc) is 2.22. The van der Waals surface area contributed by atoms with Crippen LogP contribution in [-0.4, -0.2) is 0 Å². The molecule has 0 nitrogen and oxygen atoms in total. The summed E-state index contributed by atoms with van der Waals surface area (Å²) in [7, 11) is 0. The topological polar surface area (TPSA) is 0 Å². The minimum absolute atomic E-state index is 1.03. The lowest BCUT2D eigenvalue weighted by molar-refractivity contribution is 0.865. The zero-order valence-corrected chi connectivity index (χ0v) is 8.73. The molecule has 0 bridgehead atoms. The van der Waals surface area contributed by atoms with Crippen LogP contribution in [0, 0.1) is 6.42 Å². The van der Waals surface area contributed by atoms with Crippen LogP contribution in [0.4, 0.5) is 0 Å². The Hall–Kier alpha value is -1.04. The molecule has 1 rings (SSSR count). The van der Waals surface area contributed by atoms with Crippen LogP contribution >= 0.6 is 0 Å². The maximum Gasteiger partial charge on any atom is -0.0133 e. The van der Waals surface area contributed by atoms with Gasteiger partial charge < -0.3 is 0 Å². The first-order valence-corrected chi connectivity index (χ1v) is 5.45. The maximum absolute atomic E-state index is 2.28. The Balaban J connectivity index is 2.34. The Morgan fingerprint density at radius 1 is 0.571 bits per heavy atom. The van der Waals surface area contributed by atoms with Gasteiger partial charge in [-0.25, -0.2) is 0 Å². The SMILES string of the molecule is [CH]1/C=C/C/C=C/C=C\CCC/C=C/C1. The predicted molar refractivity (Wildman–Crippen MR) is 63.9 cm³/mol. The molecule has 0 fully saturated rings. The smallest absolute Gasteiger partial charge is 0.0133 e. The molecule has 75 valence electrons. The van der Waals surface area contributed by atoms with Gasteiger partial charge in [0.1, 0.15) is 0 Å². The molecule has 0 aliphatic heterocycles. The second kappa shape index (κ2) is 8.55. The van der Waals surface area contributed by atoms with Crippen molar-refractivity contribution < 1.29 is 0 Å². The summed E-state index contributed by atoms with van der Waals surface area (Å²) in [5, 5.41) is 0. The minimum Gasteiger partial charge on any atom is -0.0885 e. The molecule has 0 heterocycles. The molecule has 0 aromatic carbocycles. The van der Waals surface area contributed by atoms with Crippen LogP contribution in [0.5, 0.6) is 0 Å². The fourth-order valence-electron chi connectivity index (χ4n) is 1.31. The van der Waals surface area contributed by atoms with Gasteiger partial charge in [0, 0.05) is 0 Å². The Morgan fingerprint density at radius 2 is 1.36 bits per heavy atom. The first-order chi connectivity index (χ1) is 7.00. The standard InChI is InChI=1S/C14H19/c1-2-4-6-8-10-12-14-13-11-9-7-5-3-1/h1-4,7,9,11-12,14H,5-6,8,10,13H2/b3-1+,4-2-,9-7+,14-12+. The van der Waals surface area contributed by atoms with E-state index in [1.54, 1.807) is 0 Å². The molecule has 0 N–H and O–H groups in total. The monoisotopic (exact) mass is 187 g/mol. The van der Waals surface area contributed by atoms with Gasteiger partial charge in [0.25, 0.3) is 0 Å². The van der Waals surface area contributed by atoms with Gasteiger partial charge in [0.15, 0.2) is 0 Å². The van der Waals surface area contributed by atoms with Crippen LogP contribution in [0.15, 0.2) is 48.6 Å². The van der Waals surface area contributed by atoms with Gasteiger partial charge in [-0.3, -0.25) is 0 Å². The predicted octanol–water partition coefficient (Wildman–Crippen LogP) is 4.38. The van der Waals surface area contributed by atoms with E-state index in [0.29, 0.717) is 0 Å². The van der Waals surface area contributed by atoms with Crippen molar-refractivity contribution in [3.63, 3.8) is 0 Å². The van der Waals surface area contributed by atoms with Crippen LogP contribution in [0.2, 0.25) is 0 Å². The van der Waals surface area contributed by atoms with Crippen molar-refractivity contribution in [3.8, 4) is 0 Å². The van der Waals surface area contributed by atoms with Gasteiger partial charge in [-0.1, -0.05) is 48.6 Å². The summed E-state index contributed by atoms with van der Waals surface area (Å²) in [6, 6.07) is 0. The molecule has 0 atom stereocenters. The summed E-state index contributed by atoms with van der Waals surface area (Å²) in [5.74, 6) is 0. The van der Waals surface area contributed by atoms with Crippen molar-refractivity contribution in [3.05, 3.63) is 55.0 Å². The summed E-state index contributed by atoms with van der Waals surface area (Å²) >= 11 is 0. The van der Waals surface area contributed by atoms with E-state index in [2.05, 4.69) is 55.0 Å². The van der Waals surface area contributed by atoms with Gasteiger partial charge >= 0.3 is 0 Å². The molecule has 14 heavy (non-hydrogen) atoms. The molecule has 0 saturated heterocycles. The van der Waals surface area contributed by atoms with Gasteiger partial charge in [-0.05, 0) is 38.5 Å². The summed E-state index contributed by atoms with van der Waals surface area (Å²) in [6.07, 6.45) is 25.5. The number of allylic oxidation sites excluding steroid dienone is 8. The molecule has 0 unspecified atom stereocenters. The molecule has 0 amide bonds. The largest absolute Gasteiger partial charge is 0.0885 e. The highest BCUT2D eigenvalue weighted by Crippen LogP contribution is 2.01. The van der Waals surface area contributed by atoms with Crippen molar-refractivity contribution in [2.24, 2.45) is 0 Å². The highest BCUT2D eigenvalue weighted by atomic mass is 13.9. The van der Waals surface area contributed by atoms with E-state index in [1.165, 1.54) is 19.3 Å². The third kappa shape index (κ3) is 6.47. The summed E-state index contributed by atoms with van der Waals surface area (Å²) in [4.78, 5) is 0. The van der Waals surface area contributed by atoms with E-state index in [1.807, 2.05) is 0 Å². The normalized spacial score (nSPS) is 28.6. The zero-order chi connectivity index (χ0) is 9.90. The molecule has 1 aliphatic rings. The lowest BCUT2D eigenvalue weighted by Crippen LogP contribution is -1.71. The second-order valence-electron chi connectivity index (χ2n) is 3.39. The van der Waals surface area contributed by atoms with Crippen molar-refractivity contribution in [1.82, 2.24) is 0 Å². The molecular formula is C14H19. The second-order valence-corrected chi connectivity index (χ2v) is 3.39. The Bertz CT molecular complexity index is 228. The first kappa shape index (κ1) is 11.0. The number of rotatable bonds is 0. The lowest BCUT2D eigenvalue weighted by Gasteiger charge is -1.91.